The molecule has 0 unspecified atom stereocenters. The van der Waals surface area contributed by atoms with E-state index in [1.54, 1.807) is 0 Å². The van der Waals surface area contributed by atoms with Gasteiger partial charge in [-0.1, -0.05) is 23.8 Å². The van der Waals surface area contributed by atoms with Gasteiger partial charge in [0.1, 0.15) is 5.82 Å². The SMILES string of the molecule is Cc1ccc(NCc2ccc(F)cc2C(F)(F)F)c(C)c1. The Labute approximate surface area is 120 Å². The van der Waals surface area contributed by atoms with Crippen molar-refractivity contribution in [1.82, 2.24) is 0 Å². The molecular weight excluding hydrogens is 282 g/mol. The minimum atomic E-state index is -4.57. The third-order valence-corrected chi connectivity index (χ3v) is 3.23. The molecule has 0 fully saturated rings. The Kier molecular flexibility index (Phi) is 4.21. The van der Waals surface area contributed by atoms with Crippen LogP contribution in [-0.4, -0.2) is 0 Å². The van der Waals surface area contributed by atoms with Crippen molar-refractivity contribution < 1.29 is 17.6 Å². The van der Waals surface area contributed by atoms with Crippen LogP contribution in [0.1, 0.15) is 22.3 Å². The molecule has 2 aromatic carbocycles. The van der Waals surface area contributed by atoms with Crippen molar-refractivity contribution in [3.63, 3.8) is 0 Å². The van der Waals surface area contributed by atoms with Crippen molar-refractivity contribution in [1.29, 1.82) is 0 Å². The van der Waals surface area contributed by atoms with Gasteiger partial charge in [0.2, 0.25) is 0 Å². The van der Waals surface area contributed by atoms with E-state index in [9.17, 15) is 17.6 Å². The molecule has 0 spiro atoms. The molecule has 0 aliphatic heterocycles. The van der Waals surface area contributed by atoms with Crippen LogP contribution in [0.3, 0.4) is 0 Å². The van der Waals surface area contributed by atoms with Crippen LogP contribution in [0, 0.1) is 19.7 Å². The summed E-state index contributed by atoms with van der Waals surface area (Å²) in [6.45, 7) is 3.81. The normalized spacial score (nSPS) is 11.5. The number of halogens is 4. The van der Waals surface area contributed by atoms with E-state index in [1.165, 1.54) is 0 Å². The van der Waals surface area contributed by atoms with Gasteiger partial charge in [-0.15, -0.1) is 0 Å². The van der Waals surface area contributed by atoms with Crippen LogP contribution in [0.2, 0.25) is 0 Å². The summed E-state index contributed by atoms with van der Waals surface area (Å²) in [7, 11) is 0. The van der Waals surface area contributed by atoms with Crippen molar-refractivity contribution >= 4 is 5.69 Å². The van der Waals surface area contributed by atoms with E-state index in [0.29, 0.717) is 6.07 Å². The highest BCUT2D eigenvalue weighted by Crippen LogP contribution is 2.33. The molecule has 21 heavy (non-hydrogen) atoms. The standard InChI is InChI=1S/C16H15F4N/c1-10-3-6-15(11(2)7-10)21-9-12-4-5-13(17)8-14(12)16(18,19)20/h3-8,21H,9H2,1-2H3. The summed E-state index contributed by atoms with van der Waals surface area (Å²) in [5, 5.41) is 2.97. The number of hydrogen-bond donors (Lipinski definition) is 1. The molecule has 0 bridgehead atoms. The van der Waals surface area contributed by atoms with Crippen molar-refractivity contribution in [2.75, 3.05) is 5.32 Å². The van der Waals surface area contributed by atoms with Gasteiger partial charge in [-0.05, 0) is 43.2 Å². The Morgan fingerprint density at radius 2 is 1.71 bits per heavy atom. The van der Waals surface area contributed by atoms with Gasteiger partial charge in [0, 0.05) is 12.2 Å². The first-order chi connectivity index (χ1) is 9.77. The zero-order chi connectivity index (χ0) is 15.6. The second-order valence-corrected chi connectivity index (χ2v) is 4.97. The molecule has 1 nitrogen and oxygen atoms in total. The molecule has 0 saturated heterocycles. The van der Waals surface area contributed by atoms with Gasteiger partial charge in [0.25, 0.3) is 0 Å². The molecule has 0 aliphatic carbocycles. The van der Waals surface area contributed by atoms with E-state index in [1.807, 2.05) is 32.0 Å². The summed E-state index contributed by atoms with van der Waals surface area (Å²) < 4.78 is 51.7. The highest BCUT2D eigenvalue weighted by molar-refractivity contribution is 5.52. The van der Waals surface area contributed by atoms with Gasteiger partial charge in [-0.25, -0.2) is 4.39 Å². The average Bonchev–Trinajstić information content (AvgIpc) is 2.38. The van der Waals surface area contributed by atoms with E-state index in [-0.39, 0.29) is 12.1 Å². The minimum Gasteiger partial charge on any atom is -0.381 e. The lowest BCUT2D eigenvalue weighted by Crippen LogP contribution is -2.12. The molecule has 0 atom stereocenters. The predicted molar refractivity (Wildman–Crippen MR) is 74.6 cm³/mol. The van der Waals surface area contributed by atoms with Gasteiger partial charge < -0.3 is 5.32 Å². The summed E-state index contributed by atoms with van der Waals surface area (Å²) in [6.07, 6.45) is -4.57. The van der Waals surface area contributed by atoms with Gasteiger partial charge in [0.15, 0.2) is 0 Å². The minimum absolute atomic E-state index is 0.0149. The van der Waals surface area contributed by atoms with E-state index in [2.05, 4.69) is 5.32 Å². The number of anilines is 1. The highest BCUT2D eigenvalue weighted by Gasteiger charge is 2.33. The Hall–Kier alpha value is -2.04. The number of aryl methyl sites for hydroxylation is 2. The number of nitrogens with one attached hydrogen (secondary N) is 1. The Morgan fingerprint density at radius 3 is 2.33 bits per heavy atom. The fourth-order valence-corrected chi connectivity index (χ4v) is 2.17. The molecule has 0 saturated carbocycles. The van der Waals surface area contributed by atoms with Crippen LogP contribution in [-0.2, 0) is 12.7 Å². The summed E-state index contributed by atoms with van der Waals surface area (Å²) >= 11 is 0. The molecule has 0 heterocycles. The Bertz CT molecular complexity index is 647. The van der Waals surface area contributed by atoms with E-state index < -0.39 is 17.6 Å². The van der Waals surface area contributed by atoms with Crippen LogP contribution >= 0.6 is 0 Å². The number of rotatable bonds is 3. The Morgan fingerprint density at radius 1 is 1.00 bits per heavy atom. The van der Waals surface area contributed by atoms with Crippen molar-refractivity contribution in [3.05, 3.63) is 64.5 Å². The van der Waals surface area contributed by atoms with Gasteiger partial charge in [-0.3, -0.25) is 0 Å². The maximum atomic E-state index is 13.0. The molecule has 0 amide bonds. The number of benzene rings is 2. The summed E-state index contributed by atoms with van der Waals surface area (Å²) in [5.74, 6) is -0.891. The fourth-order valence-electron chi connectivity index (χ4n) is 2.17. The lowest BCUT2D eigenvalue weighted by atomic mass is 10.1. The predicted octanol–water partition coefficient (Wildman–Crippen LogP) is 5.07. The van der Waals surface area contributed by atoms with Crippen molar-refractivity contribution in [2.24, 2.45) is 0 Å². The molecule has 112 valence electrons. The van der Waals surface area contributed by atoms with E-state index in [4.69, 9.17) is 0 Å². The third-order valence-electron chi connectivity index (χ3n) is 3.23. The zero-order valence-electron chi connectivity index (χ0n) is 11.7. The van der Waals surface area contributed by atoms with Gasteiger partial charge in [0.05, 0.1) is 5.56 Å². The molecule has 0 radical (unpaired) electrons. The number of alkyl halides is 3. The fraction of sp³-hybridized carbons (Fsp3) is 0.250. The first-order valence-electron chi connectivity index (χ1n) is 6.44. The van der Waals surface area contributed by atoms with Crippen LogP contribution in [0.5, 0.6) is 0 Å². The van der Waals surface area contributed by atoms with Gasteiger partial charge >= 0.3 is 6.18 Å². The monoisotopic (exact) mass is 297 g/mol. The summed E-state index contributed by atoms with van der Waals surface area (Å²) in [4.78, 5) is 0. The zero-order valence-corrected chi connectivity index (χ0v) is 11.7. The van der Waals surface area contributed by atoms with Crippen LogP contribution in [0.4, 0.5) is 23.2 Å². The number of hydrogen-bond acceptors (Lipinski definition) is 1. The van der Waals surface area contributed by atoms with E-state index in [0.717, 1.165) is 28.9 Å². The maximum Gasteiger partial charge on any atom is 0.416 e. The second kappa shape index (κ2) is 5.76. The van der Waals surface area contributed by atoms with Crippen molar-refractivity contribution in [3.8, 4) is 0 Å². The maximum absolute atomic E-state index is 13.0. The Balaban J connectivity index is 2.24. The summed E-state index contributed by atoms with van der Waals surface area (Å²) in [6, 6.07) is 8.37. The van der Waals surface area contributed by atoms with Crippen LogP contribution in [0.15, 0.2) is 36.4 Å². The molecule has 0 aliphatic rings. The van der Waals surface area contributed by atoms with Gasteiger partial charge in [-0.2, -0.15) is 13.2 Å². The highest BCUT2D eigenvalue weighted by atomic mass is 19.4. The lowest BCUT2D eigenvalue weighted by molar-refractivity contribution is -0.138. The topological polar surface area (TPSA) is 12.0 Å². The average molecular weight is 297 g/mol. The molecule has 5 heteroatoms. The largest absolute Gasteiger partial charge is 0.416 e. The van der Waals surface area contributed by atoms with Crippen molar-refractivity contribution in [2.45, 2.75) is 26.6 Å². The molecule has 2 rings (SSSR count). The molecule has 2 aromatic rings. The molecule has 1 N–H and O–H groups in total. The molecule has 0 aromatic heterocycles. The molecular formula is C16H15F4N. The van der Waals surface area contributed by atoms with E-state index >= 15 is 0 Å². The third kappa shape index (κ3) is 3.74. The first-order valence-corrected chi connectivity index (χ1v) is 6.44. The lowest BCUT2D eigenvalue weighted by Gasteiger charge is -2.15. The first kappa shape index (κ1) is 15.4. The van der Waals surface area contributed by atoms with Crippen LogP contribution < -0.4 is 5.32 Å². The summed E-state index contributed by atoms with van der Waals surface area (Å²) in [5.41, 5.74) is 1.86. The quantitative estimate of drug-likeness (QED) is 0.780. The van der Waals surface area contributed by atoms with Crippen LogP contribution in [0.25, 0.3) is 0 Å². The second-order valence-electron chi connectivity index (χ2n) is 4.97. The smallest absolute Gasteiger partial charge is 0.381 e.